The highest BCUT2D eigenvalue weighted by atomic mass is 79.9. The first-order chi connectivity index (χ1) is 14.1. The lowest BCUT2D eigenvalue weighted by atomic mass is 10.1. The second-order valence-electron chi connectivity index (χ2n) is 7.64. The van der Waals surface area contributed by atoms with Gasteiger partial charge < -0.3 is 15.1 Å². The first-order valence-electron chi connectivity index (χ1n) is 10.1. The monoisotopic (exact) mass is 456 g/mol. The van der Waals surface area contributed by atoms with Gasteiger partial charge in [0.25, 0.3) is 0 Å². The number of pyridine rings is 1. The summed E-state index contributed by atoms with van der Waals surface area (Å²) in [4.78, 5) is 33.8. The maximum atomic E-state index is 12.8. The number of carbonyl (C=O) groups excluding carboxylic acids is 2. The Morgan fingerprint density at radius 1 is 1.17 bits per heavy atom. The topological polar surface area (TPSA) is 65.5 Å². The van der Waals surface area contributed by atoms with Gasteiger partial charge in [-0.2, -0.15) is 0 Å². The molecule has 1 aromatic carbocycles. The van der Waals surface area contributed by atoms with Crippen molar-refractivity contribution in [1.82, 2.24) is 10.3 Å². The number of halogens is 1. The Morgan fingerprint density at radius 2 is 2.00 bits per heavy atom. The molecule has 4 rings (SSSR count). The minimum absolute atomic E-state index is 0.0152. The molecule has 2 aromatic rings. The van der Waals surface area contributed by atoms with Crippen LogP contribution in [-0.2, 0) is 16.1 Å². The smallest absolute Gasteiger partial charge is 0.227 e. The fourth-order valence-electron chi connectivity index (χ4n) is 4.06. The van der Waals surface area contributed by atoms with Crippen molar-refractivity contribution in [3.05, 3.63) is 52.6 Å². The summed E-state index contributed by atoms with van der Waals surface area (Å²) in [6, 6.07) is 11.5. The van der Waals surface area contributed by atoms with Gasteiger partial charge in [-0.05, 0) is 43.5 Å². The molecule has 29 heavy (non-hydrogen) atoms. The number of rotatable bonds is 5. The molecule has 2 fully saturated rings. The van der Waals surface area contributed by atoms with Gasteiger partial charge >= 0.3 is 0 Å². The summed E-state index contributed by atoms with van der Waals surface area (Å²) >= 11 is 3.44. The maximum absolute atomic E-state index is 12.8. The standard InChI is InChI=1S/C22H25BrN4O2/c23-18-7-4-8-19(13-18)27-15-17(12-20(27)28)22(29)25-14-16-6-5-9-24-21(16)26-10-2-1-3-11-26/h4-9,13,17H,1-3,10-12,14-15H2,(H,25,29). The number of amides is 2. The van der Waals surface area contributed by atoms with E-state index in [0.717, 1.165) is 34.6 Å². The number of nitrogens with one attached hydrogen (secondary N) is 1. The molecule has 1 N–H and O–H groups in total. The van der Waals surface area contributed by atoms with E-state index in [0.29, 0.717) is 13.1 Å². The van der Waals surface area contributed by atoms with Gasteiger partial charge in [-0.3, -0.25) is 9.59 Å². The molecule has 0 saturated carbocycles. The summed E-state index contributed by atoms with van der Waals surface area (Å²) in [6.45, 7) is 2.86. The second-order valence-corrected chi connectivity index (χ2v) is 8.55. The van der Waals surface area contributed by atoms with E-state index in [9.17, 15) is 9.59 Å². The van der Waals surface area contributed by atoms with Crippen LogP contribution in [0.4, 0.5) is 11.5 Å². The van der Waals surface area contributed by atoms with Crippen LogP contribution in [0.5, 0.6) is 0 Å². The number of hydrogen-bond acceptors (Lipinski definition) is 4. The zero-order chi connectivity index (χ0) is 20.2. The number of benzene rings is 1. The molecule has 0 radical (unpaired) electrons. The zero-order valence-electron chi connectivity index (χ0n) is 16.3. The molecule has 0 spiro atoms. The molecular weight excluding hydrogens is 432 g/mol. The summed E-state index contributed by atoms with van der Waals surface area (Å²) in [5, 5.41) is 3.03. The molecule has 2 saturated heterocycles. The molecule has 2 aliphatic rings. The molecule has 2 aliphatic heterocycles. The van der Waals surface area contributed by atoms with Crippen molar-refractivity contribution in [3.63, 3.8) is 0 Å². The van der Waals surface area contributed by atoms with E-state index in [4.69, 9.17) is 0 Å². The van der Waals surface area contributed by atoms with E-state index in [1.807, 2.05) is 36.4 Å². The van der Waals surface area contributed by atoms with Crippen LogP contribution >= 0.6 is 15.9 Å². The molecule has 3 heterocycles. The van der Waals surface area contributed by atoms with Crippen LogP contribution in [0, 0.1) is 5.92 Å². The van der Waals surface area contributed by atoms with Gasteiger partial charge in [0.2, 0.25) is 11.8 Å². The Labute approximate surface area is 179 Å². The van der Waals surface area contributed by atoms with Crippen LogP contribution in [-0.4, -0.2) is 36.4 Å². The first kappa shape index (κ1) is 19.9. The van der Waals surface area contributed by atoms with Gasteiger partial charge in [-0.1, -0.05) is 28.1 Å². The lowest BCUT2D eigenvalue weighted by Crippen LogP contribution is -2.34. The summed E-state index contributed by atoms with van der Waals surface area (Å²) in [6.07, 6.45) is 5.67. The average Bonchev–Trinajstić information content (AvgIpc) is 3.15. The van der Waals surface area contributed by atoms with Crippen LogP contribution in [0.3, 0.4) is 0 Å². The third kappa shape index (κ3) is 4.61. The average molecular weight is 457 g/mol. The van der Waals surface area contributed by atoms with Crippen LogP contribution in [0.15, 0.2) is 47.1 Å². The van der Waals surface area contributed by atoms with Gasteiger partial charge in [0.05, 0.1) is 5.92 Å². The molecule has 1 unspecified atom stereocenters. The maximum Gasteiger partial charge on any atom is 0.227 e. The Bertz CT molecular complexity index is 898. The molecule has 0 aliphatic carbocycles. The van der Waals surface area contributed by atoms with Gasteiger partial charge in [0.1, 0.15) is 5.82 Å². The quantitative estimate of drug-likeness (QED) is 0.747. The van der Waals surface area contributed by atoms with Crippen LogP contribution in [0.2, 0.25) is 0 Å². The molecule has 1 atom stereocenters. The highest BCUT2D eigenvalue weighted by molar-refractivity contribution is 9.10. The lowest BCUT2D eigenvalue weighted by molar-refractivity contribution is -0.126. The van der Waals surface area contributed by atoms with Crippen molar-refractivity contribution in [2.75, 3.05) is 29.4 Å². The fraction of sp³-hybridized carbons (Fsp3) is 0.409. The van der Waals surface area contributed by atoms with Crippen molar-refractivity contribution >= 4 is 39.2 Å². The summed E-state index contributed by atoms with van der Waals surface area (Å²) in [5.74, 6) is 0.533. The number of nitrogens with zero attached hydrogens (tertiary/aromatic N) is 3. The Kier molecular flexibility index (Phi) is 6.13. The second kappa shape index (κ2) is 8.95. The number of anilines is 2. The van der Waals surface area contributed by atoms with Gasteiger partial charge in [-0.25, -0.2) is 4.98 Å². The van der Waals surface area contributed by atoms with E-state index in [2.05, 4.69) is 31.1 Å². The van der Waals surface area contributed by atoms with E-state index in [1.165, 1.54) is 19.3 Å². The van der Waals surface area contributed by atoms with Gasteiger partial charge in [0, 0.05) is 54.5 Å². The van der Waals surface area contributed by atoms with Crippen molar-refractivity contribution in [1.29, 1.82) is 0 Å². The number of carbonyl (C=O) groups is 2. The Balaban J connectivity index is 1.39. The predicted octanol–water partition coefficient (Wildman–Crippen LogP) is 3.50. The van der Waals surface area contributed by atoms with E-state index in [1.54, 1.807) is 11.1 Å². The number of hydrogen-bond donors (Lipinski definition) is 1. The van der Waals surface area contributed by atoms with Gasteiger partial charge in [0.15, 0.2) is 0 Å². The van der Waals surface area contributed by atoms with E-state index < -0.39 is 0 Å². The van der Waals surface area contributed by atoms with Crippen LogP contribution in [0.25, 0.3) is 0 Å². The van der Waals surface area contributed by atoms with E-state index >= 15 is 0 Å². The third-order valence-electron chi connectivity index (χ3n) is 5.59. The minimum atomic E-state index is -0.336. The summed E-state index contributed by atoms with van der Waals surface area (Å²) in [5.41, 5.74) is 1.84. The lowest BCUT2D eigenvalue weighted by Gasteiger charge is -2.29. The minimum Gasteiger partial charge on any atom is -0.356 e. The number of piperidine rings is 1. The molecule has 1 aromatic heterocycles. The van der Waals surface area contributed by atoms with Crippen molar-refractivity contribution in [2.24, 2.45) is 5.92 Å². The van der Waals surface area contributed by atoms with Gasteiger partial charge in [-0.15, -0.1) is 0 Å². The van der Waals surface area contributed by atoms with Crippen LogP contribution < -0.4 is 15.1 Å². The molecule has 6 nitrogen and oxygen atoms in total. The normalized spacial score (nSPS) is 19.5. The largest absolute Gasteiger partial charge is 0.356 e. The molecule has 7 heteroatoms. The highest BCUT2D eigenvalue weighted by Gasteiger charge is 2.35. The summed E-state index contributed by atoms with van der Waals surface area (Å²) < 4.78 is 0.914. The highest BCUT2D eigenvalue weighted by Crippen LogP contribution is 2.28. The predicted molar refractivity (Wildman–Crippen MR) is 117 cm³/mol. The van der Waals surface area contributed by atoms with E-state index in [-0.39, 0.29) is 24.2 Å². The zero-order valence-corrected chi connectivity index (χ0v) is 17.9. The molecule has 152 valence electrons. The Morgan fingerprint density at radius 3 is 2.79 bits per heavy atom. The molecule has 2 amide bonds. The van der Waals surface area contributed by atoms with Crippen molar-refractivity contribution in [3.8, 4) is 0 Å². The summed E-state index contributed by atoms with van der Waals surface area (Å²) in [7, 11) is 0. The molecular formula is C22H25BrN4O2. The van der Waals surface area contributed by atoms with Crippen molar-refractivity contribution in [2.45, 2.75) is 32.2 Å². The van der Waals surface area contributed by atoms with Crippen LogP contribution in [0.1, 0.15) is 31.2 Å². The first-order valence-corrected chi connectivity index (χ1v) is 10.9. The molecule has 0 bridgehead atoms. The fourth-order valence-corrected chi connectivity index (χ4v) is 4.45. The number of aromatic nitrogens is 1. The Hall–Kier alpha value is -2.41. The third-order valence-corrected chi connectivity index (χ3v) is 6.09. The van der Waals surface area contributed by atoms with Crippen molar-refractivity contribution < 1.29 is 9.59 Å². The SMILES string of the molecule is O=C(NCc1cccnc1N1CCCCC1)C1CC(=O)N(c2cccc(Br)c2)C1.